The van der Waals surface area contributed by atoms with Crippen molar-refractivity contribution in [1.82, 2.24) is 4.98 Å². The molecule has 19 heavy (non-hydrogen) atoms. The molecule has 0 spiro atoms. The average molecular weight is 306 g/mol. The van der Waals surface area contributed by atoms with E-state index in [1.165, 1.54) is 5.38 Å². The van der Waals surface area contributed by atoms with E-state index in [1.807, 2.05) is 0 Å². The molecule has 104 valence electrons. The molecule has 1 amide bonds. The van der Waals surface area contributed by atoms with Crippen LogP contribution in [0.15, 0.2) is 5.38 Å². The highest BCUT2D eigenvalue weighted by atomic mass is 32.1. The Hall–Kier alpha value is -0.960. The molecule has 1 fully saturated rings. The second kappa shape index (κ2) is 5.20. The summed E-state index contributed by atoms with van der Waals surface area (Å²) in [5.41, 5.74) is 2.95. The van der Waals surface area contributed by atoms with Crippen LogP contribution in [0.5, 0.6) is 0 Å². The van der Waals surface area contributed by atoms with Gasteiger partial charge in [-0.25, -0.2) is 4.98 Å². The van der Waals surface area contributed by atoms with Crippen molar-refractivity contribution in [3.05, 3.63) is 16.1 Å². The maximum atomic E-state index is 11.0. The number of nitrogens with zero attached hydrogens (tertiary/aromatic N) is 1. The molecule has 1 aliphatic rings. The second-order valence-corrected chi connectivity index (χ2v) is 5.61. The highest BCUT2D eigenvalue weighted by molar-refractivity contribution is 7.24. The minimum absolute atomic E-state index is 0.0287. The number of thiazole rings is 1. The van der Waals surface area contributed by atoms with Crippen LogP contribution >= 0.6 is 19.8 Å². The normalized spacial score (nSPS) is 32.6. The number of amides is 1. The molecular formula is C9H11N2O6PS. The van der Waals surface area contributed by atoms with Gasteiger partial charge >= 0.3 is 0 Å². The summed E-state index contributed by atoms with van der Waals surface area (Å²) in [6.07, 6.45) is -2.67. The van der Waals surface area contributed by atoms with E-state index in [1.54, 1.807) is 0 Å². The van der Waals surface area contributed by atoms with E-state index in [-0.39, 0.29) is 17.3 Å². The number of carbonyl (C=O) groups excluding carboxylic acids is 1. The van der Waals surface area contributed by atoms with Gasteiger partial charge in [-0.2, -0.15) is 0 Å². The van der Waals surface area contributed by atoms with Crippen LogP contribution in [0.2, 0.25) is 0 Å². The van der Waals surface area contributed by atoms with Gasteiger partial charge in [0.1, 0.15) is 22.9 Å². The van der Waals surface area contributed by atoms with Crippen LogP contribution in [0, 0.1) is 0 Å². The molecule has 0 radical (unpaired) electrons. The standard InChI is InChI=1S/C9H11N2O6PS/c10-6(13)3-2-19-8(11-3)9(15)4(12)1-17-5(9)7(14)18-16/h2,4-5,7,12,14-15H,1H2,(H2,10,13)/t4-,5+,7?,9+/m0/s1. The maximum absolute atomic E-state index is 11.0. The maximum Gasteiger partial charge on any atom is 0.268 e. The fourth-order valence-corrected chi connectivity index (χ4v) is 3.25. The fraction of sp³-hybridized carbons (Fsp3) is 0.556. The third-order valence-corrected chi connectivity index (χ3v) is 4.32. The Balaban J connectivity index is 2.41. The van der Waals surface area contributed by atoms with Crippen LogP contribution in [0.25, 0.3) is 0 Å². The summed E-state index contributed by atoms with van der Waals surface area (Å²) in [6.45, 7) is -0.251. The van der Waals surface area contributed by atoms with Crippen molar-refractivity contribution in [3.8, 4) is 0 Å². The van der Waals surface area contributed by atoms with Crippen molar-refractivity contribution in [2.45, 2.75) is 23.7 Å². The molecule has 2 rings (SSSR count). The van der Waals surface area contributed by atoms with Crippen LogP contribution in [0.1, 0.15) is 15.5 Å². The third-order valence-electron chi connectivity index (χ3n) is 2.85. The van der Waals surface area contributed by atoms with E-state index < -0.39 is 38.0 Å². The molecule has 0 bridgehead atoms. The highest BCUT2D eigenvalue weighted by Crippen LogP contribution is 2.41. The molecule has 0 aromatic carbocycles. The minimum atomic E-state index is -2.03. The number of carbonyl (C=O) groups is 1. The largest absolute Gasteiger partial charge is 0.387 e. The van der Waals surface area contributed by atoms with E-state index in [0.29, 0.717) is 0 Å². The molecule has 4 atom stereocenters. The molecule has 1 unspecified atom stereocenters. The van der Waals surface area contributed by atoms with E-state index in [2.05, 4.69) is 4.98 Å². The zero-order valence-electron chi connectivity index (χ0n) is 9.46. The van der Waals surface area contributed by atoms with Crippen LogP contribution < -0.4 is 5.73 Å². The monoisotopic (exact) mass is 306 g/mol. The van der Waals surface area contributed by atoms with Crippen molar-refractivity contribution >= 4 is 25.7 Å². The lowest BCUT2D eigenvalue weighted by Gasteiger charge is -2.29. The minimum Gasteiger partial charge on any atom is -0.387 e. The Morgan fingerprint density at radius 3 is 2.95 bits per heavy atom. The third kappa shape index (κ3) is 2.29. The Labute approximate surface area is 113 Å². The zero-order valence-corrected chi connectivity index (χ0v) is 11.2. The molecule has 2 heterocycles. The van der Waals surface area contributed by atoms with Gasteiger partial charge in [0.25, 0.3) is 5.91 Å². The first kappa shape index (κ1) is 14.4. The molecular weight excluding hydrogens is 295 g/mol. The molecule has 1 aliphatic heterocycles. The van der Waals surface area contributed by atoms with Crippen molar-refractivity contribution in [2.24, 2.45) is 5.73 Å². The highest BCUT2D eigenvalue weighted by Gasteiger charge is 2.56. The lowest BCUT2D eigenvalue weighted by molar-refractivity contribution is -0.106. The van der Waals surface area contributed by atoms with E-state index in [9.17, 15) is 24.7 Å². The van der Waals surface area contributed by atoms with Gasteiger partial charge in [-0.3, -0.25) is 9.36 Å². The summed E-state index contributed by atoms with van der Waals surface area (Å²) < 4.78 is 15.8. The number of ether oxygens (including phenoxy) is 1. The van der Waals surface area contributed by atoms with Crippen LogP contribution in [0.4, 0.5) is 0 Å². The summed E-state index contributed by atoms with van der Waals surface area (Å²) in [5, 5.41) is 31.2. The van der Waals surface area contributed by atoms with Crippen LogP contribution in [0.3, 0.4) is 0 Å². The molecule has 1 aromatic rings. The van der Waals surface area contributed by atoms with Crippen LogP contribution in [-0.2, 0) is 14.9 Å². The number of rotatable bonds is 4. The number of primary amides is 1. The summed E-state index contributed by atoms with van der Waals surface area (Å²) in [7, 11) is -0.654. The van der Waals surface area contributed by atoms with Crippen LogP contribution in [-0.4, -0.2) is 50.9 Å². The second-order valence-electron chi connectivity index (χ2n) is 4.02. The Morgan fingerprint density at radius 1 is 1.74 bits per heavy atom. The van der Waals surface area contributed by atoms with Gasteiger partial charge in [0.05, 0.1) is 6.61 Å². The number of aliphatic hydroxyl groups is 3. The predicted molar refractivity (Wildman–Crippen MR) is 63.9 cm³/mol. The van der Waals surface area contributed by atoms with Crippen molar-refractivity contribution < 1.29 is 29.4 Å². The number of aromatic nitrogens is 1. The zero-order chi connectivity index (χ0) is 14.2. The smallest absolute Gasteiger partial charge is 0.268 e. The first-order valence-corrected chi connectivity index (χ1v) is 6.95. The summed E-state index contributed by atoms with van der Waals surface area (Å²) in [4.78, 5) is 14.8. The quantitative estimate of drug-likeness (QED) is 0.511. The van der Waals surface area contributed by atoms with Crippen molar-refractivity contribution in [3.63, 3.8) is 0 Å². The molecule has 0 saturated carbocycles. The Bertz CT molecular complexity index is 511. The van der Waals surface area contributed by atoms with Gasteiger partial charge in [-0.1, -0.05) is 0 Å². The van der Waals surface area contributed by atoms with E-state index in [0.717, 1.165) is 11.3 Å². The SMILES string of the molecule is NC(=O)c1csc([C@]2(O)[C@@H](C(O)P=O)OC[C@@H]2O)n1. The Morgan fingerprint density at radius 2 is 2.42 bits per heavy atom. The van der Waals surface area contributed by atoms with Crippen molar-refractivity contribution in [2.75, 3.05) is 6.61 Å². The summed E-state index contributed by atoms with van der Waals surface area (Å²) in [5.74, 6) is -2.30. The average Bonchev–Trinajstić information content (AvgIpc) is 2.96. The Kier molecular flexibility index (Phi) is 3.95. The lowest BCUT2D eigenvalue weighted by atomic mass is 9.94. The predicted octanol–water partition coefficient (Wildman–Crippen LogP) is -1.20. The molecule has 10 heteroatoms. The van der Waals surface area contributed by atoms with Gasteiger partial charge < -0.3 is 25.8 Å². The van der Waals surface area contributed by atoms with Crippen molar-refractivity contribution in [1.29, 1.82) is 0 Å². The van der Waals surface area contributed by atoms with Gasteiger partial charge in [-0.05, 0) is 0 Å². The number of nitrogens with two attached hydrogens (primary N) is 1. The first-order valence-electron chi connectivity index (χ1n) is 5.19. The van der Waals surface area contributed by atoms with Gasteiger partial charge in [0, 0.05) is 5.38 Å². The van der Waals surface area contributed by atoms with E-state index >= 15 is 0 Å². The summed E-state index contributed by atoms with van der Waals surface area (Å²) in [6, 6.07) is 0. The van der Waals surface area contributed by atoms with Gasteiger partial charge in [0.2, 0.25) is 0 Å². The van der Waals surface area contributed by atoms with Gasteiger partial charge in [0.15, 0.2) is 19.9 Å². The molecule has 0 aliphatic carbocycles. The molecule has 5 N–H and O–H groups in total. The lowest BCUT2D eigenvalue weighted by Crippen LogP contribution is -2.48. The number of hydrogen-bond donors (Lipinski definition) is 4. The van der Waals surface area contributed by atoms with Gasteiger partial charge in [-0.15, -0.1) is 11.3 Å². The number of aliphatic hydroxyl groups excluding tert-OH is 2. The topological polar surface area (TPSA) is 143 Å². The molecule has 8 nitrogen and oxygen atoms in total. The molecule has 1 saturated heterocycles. The summed E-state index contributed by atoms with van der Waals surface area (Å²) >= 11 is 0.891. The molecule has 1 aromatic heterocycles. The fourth-order valence-electron chi connectivity index (χ4n) is 1.84. The first-order chi connectivity index (χ1) is 8.91. The number of hydrogen-bond acceptors (Lipinski definition) is 8. The van der Waals surface area contributed by atoms with E-state index in [4.69, 9.17) is 10.5 Å².